The monoisotopic (exact) mass is 323 g/mol. The highest BCUT2D eigenvalue weighted by Gasteiger charge is 2.18. The minimum absolute atomic E-state index is 0.377. The van der Waals surface area contributed by atoms with E-state index in [-0.39, 0.29) is 5.92 Å². The van der Waals surface area contributed by atoms with Gasteiger partial charge < -0.3 is 5.11 Å². The lowest BCUT2D eigenvalue weighted by Crippen LogP contribution is -2.04. The number of aliphatic hydroxyl groups excluding tert-OH is 1. The summed E-state index contributed by atoms with van der Waals surface area (Å²) < 4.78 is 1.85. The van der Waals surface area contributed by atoms with Gasteiger partial charge in [0.05, 0.1) is 15.8 Å². The van der Waals surface area contributed by atoms with E-state index in [4.69, 9.17) is 5.26 Å². The fourth-order valence-electron chi connectivity index (χ4n) is 0.826. The van der Waals surface area contributed by atoms with Crippen molar-refractivity contribution in [3.05, 3.63) is 19.2 Å². The maximum Gasteiger partial charge on any atom is 0.104 e. The molecule has 0 aliphatic heterocycles. The number of nitrogens with zero attached hydrogens (tertiary/aromatic N) is 1. The van der Waals surface area contributed by atoms with E-state index in [0.29, 0.717) is 0 Å². The van der Waals surface area contributed by atoms with E-state index in [1.165, 1.54) is 11.3 Å². The lowest BCUT2D eigenvalue weighted by Gasteiger charge is -2.08. The summed E-state index contributed by atoms with van der Waals surface area (Å²) >= 11 is 8.09. The standard InChI is InChI=1S/C8H7Br2NOS/c1-4(3-11)7(12)6-2-5(9)8(10)13-6/h2,4,7,12H,1H3. The first-order chi connectivity index (χ1) is 6.06. The summed E-state index contributed by atoms with van der Waals surface area (Å²) in [6.07, 6.45) is -0.697. The Kier molecular flexibility index (Phi) is 3.92. The van der Waals surface area contributed by atoms with E-state index in [1.54, 1.807) is 6.92 Å². The number of thiophene rings is 1. The lowest BCUT2D eigenvalue weighted by molar-refractivity contribution is 0.146. The molecule has 0 aromatic carbocycles. The molecular weight excluding hydrogens is 318 g/mol. The smallest absolute Gasteiger partial charge is 0.104 e. The Morgan fingerprint density at radius 3 is 2.62 bits per heavy atom. The minimum Gasteiger partial charge on any atom is -0.386 e. The molecule has 2 nitrogen and oxygen atoms in total. The Balaban J connectivity index is 2.90. The molecule has 0 amide bonds. The van der Waals surface area contributed by atoms with Crippen LogP contribution in [0.5, 0.6) is 0 Å². The molecule has 0 radical (unpaired) electrons. The van der Waals surface area contributed by atoms with Gasteiger partial charge in [0.2, 0.25) is 0 Å². The largest absolute Gasteiger partial charge is 0.386 e. The second kappa shape index (κ2) is 4.56. The number of hydrogen-bond acceptors (Lipinski definition) is 3. The highest BCUT2D eigenvalue weighted by molar-refractivity contribution is 9.13. The molecule has 13 heavy (non-hydrogen) atoms. The zero-order valence-corrected chi connectivity index (χ0v) is 10.8. The molecule has 1 N–H and O–H groups in total. The van der Waals surface area contributed by atoms with Crippen molar-refractivity contribution in [2.24, 2.45) is 5.92 Å². The van der Waals surface area contributed by atoms with E-state index < -0.39 is 6.10 Å². The molecule has 0 saturated carbocycles. The van der Waals surface area contributed by atoms with E-state index >= 15 is 0 Å². The Bertz CT molecular complexity index is 325. The van der Waals surface area contributed by atoms with Gasteiger partial charge in [0.25, 0.3) is 0 Å². The van der Waals surface area contributed by atoms with Gasteiger partial charge in [-0.25, -0.2) is 0 Å². The van der Waals surface area contributed by atoms with Crippen molar-refractivity contribution in [2.45, 2.75) is 13.0 Å². The Morgan fingerprint density at radius 2 is 2.23 bits per heavy atom. The molecule has 0 fully saturated rings. The van der Waals surface area contributed by atoms with Crippen LogP contribution in [0.15, 0.2) is 14.3 Å². The summed E-state index contributed by atoms with van der Waals surface area (Å²) in [5, 5.41) is 18.3. The maximum atomic E-state index is 9.67. The fourth-order valence-corrected chi connectivity index (χ4v) is 3.01. The third-order valence-electron chi connectivity index (χ3n) is 1.63. The second-order valence-corrected chi connectivity index (χ2v) is 5.89. The quantitative estimate of drug-likeness (QED) is 0.905. The van der Waals surface area contributed by atoms with Crippen LogP contribution < -0.4 is 0 Å². The summed E-state index contributed by atoms with van der Waals surface area (Å²) in [7, 11) is 0. The first kappa shape index (κ1) is 11.2. The van der Waals surface area contributed by atoms with Crippen molar-refractivity contribution in [1.29, 1.82) is 5.26 Å². The van der Waals surface area contributed by atoms with Gasteiger partial charge in [0, 0.05) is 9.35 Å². The van der Waals surface area contributed by atoms with E-state index in [1.807, 2.05) is 12.1 Å². The topological polar surface area (TPSA) is 44.0 Å². The summed E-state index contributed by atoms with van der Waals surface area (Å²) in [5.74, 6) is -0.377. The first-order valence-corrected chi connectivity index (χ1v) is 5.99. The molecule has 1 rings (SSSR count). The maximum absolute atomic E-state index is 9.67. The number of aliphatic hydroxyl groups is 1. The van der Waals surface area contributed by atoms with Crippen LogP contribution in [0.2, 0.25) is 0 Å². The van der Waals surface area contributed by atoms with Crippen LogP contribution >= 0.6 is 43.2 Å². The average molecular weight is 325 g/mol. The van der Waals surface area contributed by atoms with Crippen LogP contribution in [-0.4, -0.2) is 5.11 Å². The minimum atomic E-state index is -0.697. The molecule has 0 aliphatic carbocycles. The molecule has 0 spiro atoms. The zero-order valence-electron chi connectivity index (χ0n) is 6.79. The van der Waals surface area contributed by atoms with Crippen LogP contribution in [-0.2, 0) is 0 Å². The zero-order chi connectivity index (χ0) is 10.0. The van der Waals surface area contributed by atoms with Crippen LogP contribution in [0.25, 0.3) is 0 Å². The molecule has 0 aliphatic rings. The third kappa shape index (κ3) is 2.53. The second-order valence-electron chi connectivity index (χ2n) is 2.63. The van der Waals surface area contributed by atoms with E-state index in [9.17, 15) is 5.11 Å². The number of halogens is 2. The summed E-state index contributed by atoms with van der Waals surface area (Å²) in [5.41, 5.74) is 0. The number of rotatable bonds is 2. The average Bonchev–Trinajstić information content (AvgIpc) is 2.44. The summed E-state index contributed by atoms with van der Waals surface area (Å²) in [4.78, 5) is 0.799. The van der Waals surface area contributed by atoms with Crippen molar-refractivity contribution >= 4 is 43.2 Å². The SMILES string of the molecule is CC(C#N)C(O)c1cc(Br)c(Br)s1. The van der Waals surface area contributed by atoms with Gasteiger partial charge in [-0.1, -0.05) is 0 Å². The van der Waals surface area contributed by atoms with Crippen molar-refractivity contribution in [3.8, 4) is 6.07 Å². The lowest BCUT2D eigenvalue weighted by atomic mass is 10.1. The Labute approximate surface area is 97.5 Å². The molecule has 2 unspecified atom stereocenters. The number of nitriles is 1. The molecule has 1 aromatic rings. The Morgan fingerprint density at radius 1 is 1.62 bits per heavy atom. The predicted molar refractivity (Wildman–Crippen MR) is 59.5 cm³/mol. The predicted octanol–water partition coefficient (Wildman–Crippen LogP) is 3.47. The van der Waals surface area contributed by atoms with Gasteiger partial charge in [0.1, 0.15) is 6.10 Å². The van der Waals surface area contributed by atoms with Gasteiger partial charge in [-0.3, -0.25) is 0 Å². The molecule has 1 heterocycles. The molecule has 0 bridgehead atoms. The molecular formula is C8H7Br2NOS. The van der Waals surface area contributed by atoms with E-state index in [2.05, 4.69) is 31.9 Å². The van der Waals surface area contributed by atoms with Gasteiger partial charge in [0.15, 0.2) is 0 Å². The molecule has 1 aromatic heterocycles. The third-order valence-corrected chi connectivity index (χ3v) is 4.96. The van der Waals surface area contributed by atoms with Crippen molar-refractivity contribution < 1.29 is 5.11 Å². The highest BCUT2D eigenvalue weighted by atomic mass is 79.9. The first-order valence-electron chi connectivity index (χ1n) is 3.58. The van der Waals surface area contributed by atoms with Crippen molar-refractivity contribution in [1.82, 2.24) is 0 Å². The van der Waals surface area contributed by atoms with Crippen LogP contribution in [0.1, 0.15) is 17.9 Å². The van der Waals surface area contributed by atoms with Crippen LogP contribution in [0.3, 0.4) is 0 Å². The summed E-state index contributed by atoms with van der Waals surface area (Å²) in [6, 6.07) is 3.84. The van der Waals surface area contributed by atoms with Crippen molar-refractivity contribution in [2.75, 3.05) is 0 Å². The van der Waals surface area contributed by atoms with Gasteiger partial charge in [-0.05, 0) is 44.8 Å². The normalized spacial score (nSPS) is 15.0. The van der Waals surface area contributed by atoms with E-state index in [0.717, 1.165) is 13.1 Å². The van der Waals surface area contributed by atoms with Gasteiger partial charge >= 0.3 is 0 Å². The molecule has 2 atom stereocenters. The summed E-state index contributed by atoms with van der Waals surface area (Å²) in [6.45, 7) is 1.70. The van der Waals surface area contributed by atoms with Crippen LogP contribution in [0.4, 0.5) is 0 Å². The molecule has 0 saturated heterocycles. The highest BCUT2D eigenvalue weighted by Crippen LogP contribution is 2.37. The van der Waals surface area contributed by atoms with Gasteiger partial charge in [-0.2, -0.15) is 5.26 Å². The Hall–Kier alpha value is 0.110. The van der Waals surface area contributed by atoms with Gasteiger partial charge in [-0.15, -0.1) is 11.3 Å². The number of hydrogen-bond donors (Lipinski definition) is 1. The van der Waals surface area contributed by atoms with Crippen molar-refractivity contribution in [3.63, 3.8) is 0 Å². The van der Waals surface area contributed by atoms with Crippen LogP contribution in [0, 0.1) is 17.2 Å². The molecule has 70 valence electrons. The molecule has 5 heteroatoms. The fraction of sp³-hybridized carbons (Fsp3) is 0.375.